The summed E-state index contributed by atoms with van der Waals surface area (Å²) in [6, 6.07) is 11.0. The maximum atomic E-state index is 12.4. The van der Waals surface area contributed by atoms with Gasteiger partial charge in [0.25, 0.3) is 5.69 Å². The minimum absolute atomic E-state index is 0.0203. The molecular weight excluding hydrogens is 438 g/mol. The Morgan fingerprint density at radius 2 is 1.97 bits per heavy atom. The van der Waals surface area contributed by atoms with E-state index in [1.165, 1.54) is 23.5 Å². The van der Waals surface area contributed by atoms with Crippen LogP contribution in [0.4, 0.5) is 5.69 Å². The lowest BCUT2D eigenvalue weighted by Gasteiger charge is -2.04. The summed E-state index contributed by atoms with van der Waals surface area (Å²) in [5, 5.41) is 11.1. The van der Waals surface area contributed by atoms with Gasteiger partial charge in [0.05, 0.1) is 25.8 Å². The van der Waals surface area contributed by atoms with Crippen molar-refractivity contribution in [3.63, 3.8) is 0 Å². The molecule has 0 radical (unpaired) electrons. The lowest BCUT2D eigenvalue weighted by atomic mass is 10.2. The molecule has 1 amide bonds. The van der Waals surface area contributed by atoms with Crippen LogP contribution in [0.1, 0.15) is 18.4 Å². The second kappa shape index (κ2) is 9.36. The molecular formula is C21H21N3O5S2. The smallest absolute Gasteiger partial charge is 0.271 e. The van der Waals surface area contributed by atoms with Crippen molar-refractivity contribution in [2.24, 2.45) is 4.99 Å². The average molecular weight is 460 g/mol. The number of benzene rings is 2. The van der Waals surface area contributed by atoms with Gasteiger partial charge in [0.15, 0.2) is 14.6 Å². The summed E-state index contributed by atoms with van der Waals surface area (Å²) < 4.78 is 27.3. The van der Waals surface area contributed by atoms with Crippen LogP contribution in [-0.4, -0.2) is 29.6 Å². The number of carbonyl (C=O) groups excluding carboxylic acids is 1. The number of nitro groups is 1. The van der Waals surface area contributed by atoms with Gasteiger partial charge in [-0.05, 0) is 31.5 Å². The van der Waals surface area contributed by atoms with Gasteiger partial charge in [0, 0.05) is 25.1 Å². The Hall–Kier alpha value is -3.11. The number of thiazole rings is 1. The number of carbonyl (C=O) groups is 1. The largest absolute Gasteiger partial charge is 0.312 e. The number of fused-ring (bicyclic) bond motifs is 1. The summed E-state index contributed by atoms with van der Waals surface area (Å²) in [5.74, 6) is -0.597. The molecule has 1 aromatic heterocycles. The van der Waals surface area contributed by atoms with Crippen LogP contribution in [0.25, 0.3) is 10.2 Å². The predicted octanol–water partition coefficient (Wildman–Crippen LogP) is 3.79. The highest BCUT2D eigenvalue weighted by Crippen LogP contribution is 2.23. The van der Waals surface area contributed by atoms with E-state index in [2.05, 4.69) is 11.6 Å². The van der Waals surface area contributed by atoms with Crippen LogP contribution >= 0.6 is 11.3 Å². The number of nitro benzene ring substituents is 1. The molecule has 10 heteroatoms. The molecule has 8 nitrogen and oxygen atoms in total. The first-order chi connectivity index (χ1) is 14.7. The zero-order valence-corrected chi connectivity index (χ0v) is 18.5. The fourth-order valence-corrected chi connectivity index (χ4v) is 5.35. The van der Waals surface area contributed by atoms with Crippen LogP contribution in [0, 0.1) is 17.0 Å². The molecule has 1 heterocycles. The average Bonchev–Trinajstić information content (AvgIpc) is 3.04. The third-order valence-electron chi connectivity index (χ3n) is 4.59. The SMILES string of the molecule is C=CCn1c(=NC(=O)CCCS(=O)(=O)c2ccc(C)cc2)sc2ccc([N+](=O)[O-])cc21. The van der Waals surface area contributed by atoms with Gasteiger partial charge in [0.1, 0.15) is 0 Å². The summed E-state index contributed by atoms with van der Waals surface area (Å²) >= 11 is 1.24. The van der Waals surface area contributed by atoms with E-state index in [0.717, 1.165) is 10.3 Å². The van der Waals surface area contributed by atoms with Crippen molar-refractivity contribution in [1.29, 1.82) is 0 Å². The van der Waals surface area contributed by atoms with Gasteiger partial charge in [-0.2, -0.15) is 4.99 Å². The molecule has 0 aliphatic carbocycles. The lowest BCUT2D eigenvalue weighted by Crippen LogP contribution is -2.16. The molecule has 2 aromatic carbocycles. The number of hydrogen-bond donors (Lipinski definition) is 0. The van der Waals surface area contributed by atoms with Gasteiger partial charge >= 0.3 is 0 Å². The van der Waals surface area contributed by atoms with E-state index < -0.39 is 20.7 Å². The van der Waals surface area contributed by atoms with Crippen molar-refractivity contribution in [3.8, 4) is 0 Å². The third kappa shape index (κ3) is 5.33. The fourth-order valence-electron chi connectivity index (χ4n) is 3.00. The highest BCUT2D eigenvalue weighted by atomic mass is 32.2. The molecule has 0 unspecified atom stereocenters. The third-order valence-corrected chi connectivity index (χ3v) is 7.47. The van der Waals surface area contributed by atoms with Crippen molar-refractivity contribution >= 4 is 43.0 Å². The number of amides is 1. The number of allylic oxidation sites excluding steroid dienone is 1. The highest BCUT2D eigenvalue weighted by Gasteiger charge is 2.16. The van der Waals surface area contributed by atoms with Gasteiger partial charge in [0.2, 0.25) is 5.91 Å². The molecule has 3 aromatic rings. The highest BCUT2D eigenvalue weighted by molar-refractivity contribution is 7.91. The number of sulfone groups is 1. The molecule has 0 aliphatic heterocycles. The minimum Gasteiger partial charge on any atom is -0.312 e. The molecule has 0 bridgehead atoms. The maximum absolute atomic E-state index is 12.4. The topological polar surface area (TPSA) is 112 Å². The lowest BCUT2D eigenvalue weighted by molar-refractivity contribution is -0.384. The summed E-state index contributed by atoms with van der Waals surface area (Å²) in [6.07, 6.45) is 1.74. The van der Waals surface area contributed by atoms with Crippen molar-refractivity contribution in [3.05, 3.63) is 75.6 Å². The monoisotopic (exact) mass is 459 g/mol. The van der Waals surface area contributed by atoms with Gasteiger partial charge in [-0.15, -0.1) is 6.58 Å². The Morgan fingerprint density at radius 3 is 2.61 bits per heavy atom. The molecule has 0 saturated heterocycles. The first-order valence-electron chi connectivity index (χ1n) is 9.47. The standard InChI is InChI=1S/C21H21N3O5S2/c1-3-12-23-18-14-16(24(26)27)8-11-19(18)30-21(23)22-20(25)5-4-13-31(28,29)17-9-6-15(2)7-10-17/h3,6-11,14H,1,4-5,12-13H2,2H3. The molecule has 0 atom stereocenters. The Kier molecular flexibility index (Phi) is 6.81. The van der Waals surface area contributed by atoms with Crippen LogP contribution in [0.3, 0.4) is 0 Å². The number of non-ortho nitro benzene ring substituents is 1. The van der Waals surface area contributed by atoms with Crippen LogP contribution < -0.4 is 4.80 Å². The first kappa shape index (κ1) is 22.6. The van der Waals surface area contributed by atoms with Crippen LogP contribution in [0.15, 0.2) is 65.0 Å². The number of nitrogens with zero attached hydrogens (tertiary/aromatic N) is 3. The van der Waals surface area contributed by atoms with Crippen LogP contribution in [-0.2, 0) is 21.2 Å². The van der Waals surface area contributed by atoms with Crippen molar-refractivity contribution in [2.45, 2.75) is 31.2 Å². The number of aryl methyl sites for hydroxylation is 1. The van der Waals surface area contributed by atoms with Gasteiger partial charge in [-0.25, -0.2) is 8.42 Å². The molecule has 0 aliphatic rings. The second-order valence-corrected chi connectivity index (χ2v) is 10.1. The Bertz CT molecular complexity index is 1320. The summed E-state index contributed by atoms with van der Waals surface area (Å²) in [6.45, 7) is 5.89. The zero-order valence-electron chi connectivity index (χ0n) is 16.9. The Balaban J connectivity index is 1.78. The van der Waals surface area contributed by atoms with Crippen molar-refractivity contribution < 1.29 is 18.1 Å². The van der Waals surface area contributed by atoms with E-state index in [1.807, 2.05) is 6.92 Å². The fraction of sp³-hybridized carbons (Fsp3) is 0.238. The van der Waals surface area contributed by atoms with Gasteiger partial charge in [-0.1, -0.05) is 35.1 Å². The van der Waals surface area contributed by atoms with E-state index in [4.69, 9.17) is 0 Å². The molecule has 0 spiro atoms. The maximum Gasteiger partial charge on any atom is 0.271 e. The first-order valence-corrected chi connectivity index (χ1v) is 11.9. The van der Waals surface area contributed by atoms with E-state index >= 15 is 0 Å². The molecule has 31 heavy (non-hydrogen) atoms. The van der Waals surface area contributed by atoms with Crippen molar-refractivity contribution in [2.75, 3.05) is 5.75 Å². The molecule has 0 N–H and O–H groups in total. The van der Waals surface area contributed by atoms with Crippen molar-refractivity contribution in [1.82, 2.24) is 4.57 Å². The van der Waals surface area contributed by atoms with Crippen LogP contribution in [0.2, 0.25) is 0 Å². The van der Waals surface area contributed by atoms with E-state index in [1.54, 1.807) is 41.0 Å². The predicted molar refractivity (Wildman–Crippen MR) is 120 cm³/mol. The molecule has 162 valence electrons. The number of rotatable bonds is 8. The summed E-state index contributed by atoms with van der Waals surface area (Å²) in [5.41, 5.74) is 1.50. The molecule has 3 rings (SSSR count). The summed E-state index contributed by atoms with van der Waals surface area (Å²) in [4.78, 5) is 27.7. The Morgan fingerprint density at radius 1 is 1.26 bits per heavy atom. The summed E-state index contributed by atoms with van der Waals surface area (Å²) in [7, 11) is -3.47. The van der Waals surface area contributed by atoms with Gasteiger partial charge in [-0.3, -0.25) is 14.9 Å². The van der Waals surface area contributed by atoms with Crippen LogP contribution in [0.5, 0.6) is 0 Å². The minimum atomic E-state index is -3.47. The van der Waals surface area contributed by atoms with E-state index in [9.17, 15) is 23.3 Å². The number of hydrogen-bond acceptors (Lipinski definition) is 6. The Labute approximate surface area is 183 Å². The zero-order chi connectivity index (χ0) is 22.6. The number of aromatic nitrogens is 1. The molecule has 0 fully saturated rings. The molecule has 0 saturated carbocycles. The van der Waals surface area contributed by atoms with E-state index in [-0.39, 0.29) is 29.2 Å². The second-order valence-electron chi connectivity index (χ2n) is 6.93. The quantitative estimate of drug-likeness (QED) is 0.289. The normalized spacial score (nSPS) is 12.2. The van der Waals surface area contributed by atoms with E-state index in [0.29, 0.717) is 16.9 Å². The van der Waals surface area contributed by atoms with Gasteiger partial charge < -0.3 is 4.57 Å².